The van der Waals surface area contributed by atoms with Crippen LogP contribution >= 0.6 is 12.4 Å². The van der Waals surface area contributed by atoms with E-state index in [0.29, 0.717) is 27.7 Å². The summed E-state index contributed by atoms with van der Waals surface area (Å²) in [7, 11) is 0. The van der Waals surface area contributed by atoms with Gasteiger partial charge in [0.1, 0.15) is 6.54 Å². The molecule has 0 saturated carbocycles. The number of halogens is 1. The number of hydrogen-bond donors (Lipinski definition) is 3. The van der Waals surface area contributed by atoms with Crippen LogP contribution in [0.1, 0.15) is 15.9 Å². The van der Waals surface area contributed by atoms with Gasteiger partial charge in [-0.3, -0.25) is 14.7 Å². The van der Waals surface area contributed by atoms with Crippen LogP contribution in [0, 0.1) is 11.3 Å². The maximum atomic E-state index is 12.2. The Kier molecular flexibility index (Phi) is 6.90. The SMILES string of the molecule is Cl.N#CCNC(=O)c1ccc2[nH]c(O)c(-c3ccc(CN4CCOCC4)cn3)c2c1. The van der Waals surface area contributed by atoms with Gasteiger partial charge in [-0.1, -0.05) is 6.07 Å². The second-order valence-electron chi connectivity index (χ2n) is 6.89. The summed E-state index contributed by atoms with van der Waals surface area (Å²) < 4.78 is 5.37. The lowest BCUT2D eigenvalue weighted by Gasteiger charge is -2.26. The average molecular weight is 428 g/mol. The number of aromatic nitrogens is 2. The van der Waals surface area contributed by atoms with Gasteiger partial charge >= 0.3 is 0 Å². The van der Waals surface area contributed by atoms with E-state index in [-0.39, 0.29) is 30.7 Å². The predicted octanol–water partition coefficient (Wildman–Crippen LogP) is 2.44. The van der Waals surface area contributed by atoms with E-state index in [0.717, 1.165) is 38.4 Å². The zero-order valence-corrected chi connectivity index (χ0v) is 17.0. The van der Waals surface area contributed by atoms with Crippen molar-refractivity contribution in [1.82, 2.24) is 20.2 Å². The molecule has 1 amide bonds. The van der Waals surface area contributed by atoms with E-state index in [1.165, 1.54) is 0 Å². The molecule has 0 bridgehead atoms. The molecule has 0 aliphatic carbocycles. The summed E-state index contributed by atoms with van der Waals surface area (Å²) in [4.78, 5) is 22.0. The second kappa shape index (κ2) is 9.59. The number of H-pyrrole nitrogens is 1. The van der Waals surface area contributed by atoms with Crippen LogP contribution in [0.5, 0.6) is 5.88 Å². The van der Waals surface area contributed by atoms with Crippen LogP contribution in [-0.2, 0) is 11.3 Å². The Hall–Kier alpha value is -3.12. The normalized spacial score (nSPS) is 14.1. The molecule has 0 radical (unpaired) electrons. The molecule has 1 aliphatic heterocycles. The second-order valence-corrected chi connectivity index (χ2v) is 6.89. The third kappa shape index (κ3) is 4.54. The van der Waals surface area contributed by atoms with Gasteiger partial charge in [-0.05, 0) is 29.8 Å². The number of hydrogen-bond acceptors (Lipinski definition) is 6. The highest BCUT2D eigenvalue weighted by molar-refractivity contribution is 6.03. The van der Waals surface area contributed by atoms with E-state index >= 15 is 0 Å². The largest absolute Gasteiger partial charge is 0.494 e. The molecule has 156 valence electrons. The van der Waals surface area contributed by atoms with Crippen LogP contribution in [0.15, 0.2) is 36.5 Å². The topological polar surface area (TPSA) is 114 Å². The minimum Gasteiger partial charge on any atom is -0.494 e. The first-order valence-electron chi connectivity index (χ1n) is 9.41. The standard InChI is InChI=1S/C21H21N5O3.ClH/c22-5-6-23-20(27)15-2-4-17-16(11-15)19(21(28)25-17)18-3-1-14(12-24-18)13-26-7-9-29-10-8-26;/h1-4,11-12,25,28H,6-10,13H2,(H,23,27);1H. The zero-order valence-electron chi connectivity index (χ0n) is 16.2. The molecule has 1 saturated heterocycles. The van der Waals surface area contributed by atoms with E-state index < -0.39 is 0 Å². The molecule has 4 rings (SSSR count). The van der Waals surface area contributed by atoms with Gasteiger partial charge in [0, 0.05) is 42.3 Å². The van der Waals surface area contributed by atoms with Crippen molar-refractivity contribution in [3.63, 3.8) is 0 Å². The first kappa shape index (κ1) is 21.6. The number of aromatic amines is 1. The number of carbonyl (C=O) groups excluding carboxylic acids is 1. The summed E-state index contributed by atoms with van der Waals surface area (Å²) in [5, 5.41) is 22.3. The molecule has 0 unspecified atom stereocenters. The number of nitrogens with one attached hydrogen (secondary N) is 2. The summed E-state index contributed by atoms with van der Waals surface area (Å²) in [6.07, 6.45) is 1.81. The Morgan fingerprint density at radius 1 is 1.30 bits per heavy atom. The van der Waals surface area contributed by atoms with Crippen LogP contribution in [-0.4, -0.2) is 58.7 Å². The minimum atomic E-state index is -0.339. The monoisotopic (exact) mass is 427 g/mol. The molecule has 1 aromatic carbocycles. The number of nitriles is 1. The summed E-state index contributed by atoms with van der Waals surface area (Å²) in [5.41, 5.74) is 3.37. The van der Waals surface area contributed by atoms with Crippen LogP contribution in [0.2, 0.25) is 0 Å². The smallest absolute Gasteiger partial charge is 0.252 e. The number of morpholine rings is 1. The molecule has 8 nitrogen and oxygen atoms in total. The Morgan fingerprint density at radius 3 is 2.80 bits per heavy atom. The number of amides is 1. The van der Waals surface area contributed by atoms with Crippen molar-refractivity contribution in [2.75, 3.05) is 32.8 Å². The number of pyridine rings is 1. The Morgan fingerprint density at radius 2 is 2.10 bits per heavy atom. The molecule has 0 atom stereocenters. The molecule has 1 fully saturated rings. The quantitative estimate of drug-likeness (QED) is 0.539. The third-order valence-corrected chi connectivity index (χ3v) is 4.96. The Bertz CT molecular complexity index is 1070. The maximum absolute atomic E-state index is 12.2. The molecule has 3 heterocycles. The predicted molar refractivity (Wildman–Crippen MR) is 114 cm³/mol. The number of fused-ring (bicyclic) bond motifs is 1. The van der Waals surface area contributed by atoms with E-state index in [4.69, 9.17) is 10.00 Å². The number of aromatic hydroxyl groups is 1. The third-order valence-electron chi connectivity index (χ3n) is 4.96. The number of benzene rings is 1. The summed E-state index contributed by atoms with van der Waals surface area (Å²) in [5.74, 6) is -0.336. The molecular weight excluding hydrogens is 406 g/mol. The van der Waals surface area contributed by atoms with Gasteiger partial charge in [0.25, 0.3) is 5.91 Å². The van der Waals surface area contributed by atoms with Crippen molar-refractivity contribution in [2.24, 2.45) is 0 Å². The zero-order chi connectivity index (χ0) is 20.2. The fraction of sp³-hybridized carbons (Fsp3) is 0.286. The maximum Gasteiger partial charge on any atom is 0.252 e. The van der Waals surface area contributed by atoms with Crippen LogP contribution in [0.4, 0.5) is 0 Å². The van der Waals surface area contributed by atoms with Gasteiger partial charge < -0.3 is 20.1 Å². The lowest BCUT2D eigenvalue weighted by Crippen LogP contribution is -2.35. The van der Waals surface area contributed by atoms with Crippen molar-refractivity contribution in [2.45, 2.75) is 6.54 Å². The fourth-order valence-corrected chi connectivity index (χ4v) is 3.48. The average Bonchev–Trinajstić information content (AvgIpc) is 3.08. The van der Waals surface area contributed by atoms with Gasteiger partial charge in [0.15, 0.2) is 5.88 Å². The lowest BCUT2D eigenvalue weighted by atomic mass is 10.1. The van der Waals surface area contributed by atoms with Crippen molar-refractivity contribution in [1.29, 1.82) is 5.26 Å². The fourth-order valence-electron chi connectivity index (χ4n) is 3.48. The van der Waals surface area contributed by atoms with E-state index in [9.17, 15) is 9.90 Å². The molecular formula is C21H22ClN5O3. The van der Waals surface area contributed by atoms with Crippen molar-refractivity contribution >= 4 is 29.2 Å². The minimum absolute atomic E-state index is 0. The molecule has 9 heteroatoms. The number of rotatable bonds is 5. The van der Waals surface area contributed by atoms with E-state index in [1.807, 2.05) is 24.4 Å². The molecule has 0 spiro atoms. The first-order valence-corrected chi connectivity index (χ1v) is 9.41. The molecule has 1 aliphatic rings. The Labute approximate surface area is 179 Å². The van der Waals surface area contributed by atoms with Gasteiger partial charge in [-0.2, -0.15) is 5.26 Å². The van der Waals surface area contributed by atoms with E-state index in [1.54, 1.807) is 18.2 Å². The number of nitrogens with zero attached hydrogens (tertiary/aromatic N) is 3. The number of carbonyl (C=O) groups is 1. The first-order chi connectivity index (χ1) is 14.2. The summed E-state index contributed by atoms with van der Waals surface area (Å²) in [6.45, 7) is 4.05. The molecule has 3 N–H and O–H groups in total. The van der Waals surface area contributed by atoms with Crippen molar-refractivity contribution in [3.05, 3.63) is 47.7 Å². The highest BCUT2D eigenvalue weighted by Gasteiger charge is 2.17. The number of ether oxygens (including phenoxy) is 1. The van der Waals surface area contributed by atoms with Crippen molar-refractivity contribution in [3.8, 4) is 23.2 Å². The Balaban J connectivity index is 0.00000256. The van der Waals surface area contributed by atoms with Crippen LogP contribution in [0.25, 0.3) is 22.2 Å². The van der Waals surface area contributed by atoms with Gasteiger partial charge in [0.2, 0.25) is 0 Å². The van der Waals surface area contributed by atoms with Crippen LogP contribution < -0.4 is 5.32 Å². The molecule has 3 aromatic rings. The van der Waals surface area contributed by atoms with Gasteiger partial charge in [-0.25, -0.2) is 0 Å². The molecule has 30 heavy (non-hydrogen) atoms. The molecule has 2 aromatic heterocycles. The van der Waals surface area contributed by atoms with Crippen molar-refractivity contribution < 1.29 is 14.6 Å². The highest BCUT2D eigenvalue weighted by Crippen LogP contribution is 2.36. The summed E-state index contributed by atoms with van der Waals surface area (Å²) >= 11 is 0. The van der Waals surface area contributed by atoms with Gasteiger partial charge in [-0.15, -0.1) is 12.4 Å². The highest BCUT2D eigenvalue weighted by atomic mass is 35.5. The lowest BCUT2D eigenvalue weighted by molar-refractivity contribution is 0.0341. The van der Waals surface area contributed by atoms with Gasteiger partial charge in [0.05, 0.1) is 30.5 Å². The summed E-state index contributed by atoms with van der Waals surface area (Å²) in [6, 6.07) is 10.8. The van der Waals surface area contributed by atoms with Crippen LogP contribution in [0.3, 0.4) is 0 Å². The van der Waals surface area contributed by atoms with E-state index in [2.05, 4.69) is 20.2 Å².